The van der Waals surface area contributed by atoms with E-state index in [2.05, 4.69) is 20.1 Å². The van der Waals surface area contributed by atoms with Gasteiger partial charge in [0.1, 0.15) is 17.9 Å². The first kappa shape index (κ1) is 35.0. The average Bonchev–Trinajstić information content (AvgIpc) is 3.60. The number of nitrogens with zero attached hydrogens (tertiary/aromatic N) is 2. The van der Waals surface area contributed by atoms with Crippen LogP contribution in [-0.2, 0) is 27.5 Å². The molecular weight excluding hydrogens is 671 g/mol. The topological polar surface area (TPSA) is 149 Å². The second-order valence-corrected chi connectivity index (χ2v) is 18.5. The van der Waals surface area contributed by atoms with Crippen LogP contribution in [0.25, 0.3) is 0 Å². The summed E-state index contributed by atoms with van der Waals surface area (Å²) in [5.74, 6) is 0.879. The Morgan fingerprint density at radius 3 is 1.73 bits per heavy atom. The molecule has 5 atom stereocenters. The summed E-state index contributed by atoms with van der Waals surface area (Å²) in [4.78, 5) is 30.4. The minimum absolute atomic E-state index is 0.0642. The third-order valence-electron chi connectivity index (χ3n) is 10.3. The predicted molar refractivity (Wildman–Crippen MR) is 184 cm³/mol. The van der Waals surface area contributed by atoms with Crippen molar-refractivity contribution in [3.05, 3.63) is 70.8 Å². The summed E-state index contributed by atoms with van der Waals surface area (Å²) in [6.45, 7) is 12.7. The second kappa shape index (κ2) is 13.2. The molecule has 0 bridgehead atoms. The fraction of sp³-hybridized carbons (Fsp3) is 0.486. The molecule has 4 aliphatic heterocycles. The molecule has 49 heavy (non-hydrogen) atoms. The van der Waals surface area contributed by atoms with Gasteiger partial charge >= 0.3 is 0 Å². The van der Waals surface area contributed by atoms with Crippen LogP contribution in [0.4, 0.5) is 0 Å². The lowest BCUT2D eigenvalue weighted by Gasteiger charge is -2.26. The van der Waals surface area contributed by atoms with Gasteiger partial charge in [0.25, 0.3) is 21.9 Å². The lowest BCUT2D eigenvalue weighted by atomic mass is 9.92. The lowest BCUT2D eigenvalue weighted by molar-refractivity contribution is 0.0709. The number of amides is 2. The first-order chi connectivity index (χ1) is 23.2. The van der Waals surface area contributed by atoms with E-state index in [4.69, 9.17) is 18.9 Å². The normalized spacial score (nSPS) is 24.7. The van der Waals surface area contributed by atoms with Gasteiger partial charge in [-0.1, -0.05) is 38.2 Å². The van der Waals surface area contributed by atoms with Gasteiger partial charge in [0.2, 0.25) is 0 Å². The van der Waals surface area contributed by atoms with Crippen molar-refractivity contribution < 1.29 is 46.1 Å². The van der Waals surface area contributed by atoms with Gasteiger partial charge in [-0.05, 0) is 67.0 Å². The maximum Gasteiger partial charge on any atom is 0.270 e. The summed E-state index contributed by atoms with van der Waals surface area (Å²) in [6, 6.07) is 5.85. The molecule has 2 aromatic rings. The largest absolute Gasteiger partial charge is 0.493 e. The molecule has 2 saturated heterocycles. The van der Waals surface area contributed by atoms with Crippen LogP contribution in [0.5, 0.6) is 23.0 Å². The maximum atomic E-state index is 14.1. The number of fused-ring (bicyclic) bond motifs is 4. The van der Waals surface area contributed by atoms with Crippen molar-refractivity contribution in [3.8, 4) is 23.0 Å². The van der Waals surface area contributed by atoms with Crippen LogP contribution in [-0.4, -0.2) is 98.1 Å². The summed E-state index contributed by atoms with van der Waals surface area (Å²) >= 11 is 0. The first-order valence-corrected chi connectivity index (χ1v) is 20.1. The van der Waals surface area contributed by atoms with Crippen LogP contribution >= 0.6 is 7.14 Å². The van der Waals surface area contributed by atoms with E-state index in [1.165, 1.54) is 31.3 Å². The maximum absolute atomic E-state index is 14.1. The Morgan fingerprint density at radius 1 is 0.796 bits per heavy atom. The molecule has 14 heteroatoms. The van der Waals surface area contributed by atoms with E-state index >= 15 is 0 Å². The van der Waals surface area contributed by atoms with Crippen molar-refractivity contribution in [2.45, 2.75) is 56.9 Å². The Balaban J connectivity index is 1.23. The summed E-state index contributed by atoms with van der Waals surface area (Å²) in [7, 11) is -4.77. The molecule has 4 heterocycles. The van der Waals surface area contributed by atoms with Crippen LogP contribution in [0.3, 0.4) is 0 Å². The number of hydrogen-bond donors (Lipinski definition) is 1. The van der Waals surface area contributed by atoms with Crippen molar-refractivity contribution in [1.82, 2.24) is 9.80 Å². The smallest absolute Gasteiger partial charge is 0.270 e. The Labute approximate surface area is 287 Å². The van der Waals surface area contributed by atoms with E-state index in [1.807, 2.05) is 4.90 Å². The summed E-state index contributed by atoms with van der Waals surface area (Å²) < 4.78 is 72.6. The van der Waals surface area contributed by atoms with Gasteiger partial charge in [-0.2, -0.15) is 8.42 Å². The zero-order valence-electron chi connectivity index (χ0n) is 28.3. The Bertz CT molecular complexity index is 1890. The molecule has 3 unspecified atom stereocenters. The number of carbonyl (C=O) groups excluding carboxylic acids is 2. The summed E-state index contributed by atoms with van der Waals surface area (Å²) in [6.07, 6.45) is 1.42. The fourth-order valence-corrected chi connectivity index (χ4v) is 9.69. The lowest BCUT2D eigenvalue weighted by Crippen LogP contribution is -2.44. The molecule has 0 radical (unpaired) electrons. The van der Waals surface area contributed by atoms with E-state index in [-0.39, 0.29) is 79.1 Å². The van der Waals surface area contributed by atoms with Crippen LogP contribution in [0.15, 0.2) is 48.6 Å². The zero-order chi connectivity index (χ0) is 35.4. The Morgan fingerprint density at radius 2 is 1.27 bits per heavy atom. The van der Waals surface area contributed by atoms with Crippen molar-refractivity contribution in [3.63, 3.8) is 0 Å². The minimum atomic E-state index is -4.52. The van der Waals surface area contributed by atoms with Crippen LogP contribution in [0.2, 0.25) is 0 Å². The highest BCUT2D eigenvalue weighted by molar-refractivity contribution is 7.86. The number of carbonyl (C=O) groups is 2. The van der Waals surface area contributed by atoms with E-state index in [0.717, 1.165) is 17.6 Å². The molecule has 2 fully saturated rings. The molecule has 2 amide bonds. The quantitative estimate of drug-likeness (QED) is 0.202. The van der Waals surface area contributed by atoms with Gasteiger partial charge in [0.15, 0.2) is 30.1 Å². The van der Waals surface area contributed by atoms with Crippen LogP contribution < -0.4 is 18.9 Å². The molecule has 0 aromatic heterocycles. The predicted octanol–water partition coefficient (Wildman–Crippen LogP) is 5.01. The molecule has 2 aromatic carbocycles. The highest BCUT2D eigenvalue weighted by atomic mass is 32.2. The molecule has 0 saturated carbocycles. The van der Waals surface area contributed by atoms with E-state index < -0.39 is 28.6 Å². The Hall–Kier alpha value is -3.80. The third kappa shape index (κ3) is 6.60. The zero-order valence-corrected chi connectivity index (χ0v) is 30.0. The van der Waals surface area contributed by atoms with Crippen LogP contribution in [0.1, 0.15) is 58.5 Å². The molecule has 264 valence electrons. The van der Waals surface area contributed by atoms with E-state index in [9.17, 15) is 27.1 Å². The van der Waals surface area contributed by atoms with Crippen LogP contribution in [0, 0.1) is 5.92 Å². The molecule has 0 spiro atoms. The van der Waals surface area contributed by atoms with Crippen molar-refractivity contribution in [2.24, 2.45) is 5.92 Å². The van der Waals surface area contributed by atoms with Gasteiger partial charge < -0.3 is 33.3 Å². The Kier molecular flexibility index (Phi) is 9.40. The molecule has 0 aliphatic carbocycles. The number of methoxy groups -OCH3 is 2. The number of rotatable bonds is 10. The molecular formula is C35H43N2O10PS. The molecule has 6 rings (SSSR count). The fourth-order valence-electron chi connectivity index (χ4n) is 7.47. The van der Waals surface area contributed by atoms with Gasteiger partial charge in [-0.15, -0.1) is 0 Å². The third-order valence-corrected chi connectivity index (χ3v) is 13.9. The SMILES string of the molecule is C=C1C[C@H]2C(C)Cc3cc(OCP(=O)(CC)COc4cc5c(cc4OC)C(=O)N4CC(=C)C[C@H]4C(S(=O)(=O)O)C5)c(OC)cc3C(=O)N2C1. The van der Waals surface area contributed by atoms with Crippen molar-refractivity contribution in [2.75, 3.05) is 46.2 Å². The van der Waals surface area contributed by atoms with Gasteiger partial charge in [-0.3, -0.25) is 14.1 Å². The minimum Gasteiger partial charge on any atom is -0.493 e. The summed E-state index contributed by atoms with van der Waals surface area (Å²) in [5, 5.41) is -1.25. The van der Waals surface area contributed by atoms with Gasteiger partial charge in [-0.25, -0.2) is 0 Å². The second-order valence-electron chi connectivity index (χ2n) is 13.6. The van der Waals surface area contributed by atoms with E-state index in [1.54, 1.807) is 19.1 Å². The summed E-state index contributed by atoms with van der Waals surface area (Å²) in [5.41, 5.74) is 3.77. The monoisotopic (exact) mass is 714 g/mol. The number of benzene rings is 2. The highest BCUT2D eigenvalue weighted by Crippen LogP contribution is 2.48. The average molecular weight is 715 g/mol. The van der Waals surface area contributed by atoms with E-state index in [0.29, 0.717) is 41.2 Å². The molecule has 4 aliphatic rings. The number of hydrogen-bond acceptors (Lipinski definition) is 9. The number of ether oxygens (including phenoxy) is 4. The van der Waals surface area contributed by atoms with Gasteiger partial charge in [0.05, 0.1) is 20.3 Å². The van der Waals surface area contributed by atoms with Crippen molar-refractivity contribution in [1.29, 1.82) is 0 Å². The first-order valence-electron chi connectivity index (χ1n) is 16.3. The molecule has 12 nitrogen and oxygen atoms in total. The van der Waals surface area contributed by atoms with Crippen molar-refractivity contribution >= 4 is 29.1 Å². The van der Waals surface area contributed by atoms with Gasteiger partial charge in [0, 0.05) is 36.4 Å². The molecule has 1 N–H and O–H groups in total. The highest BCUT2D eigenvalue weighted by Gasteiger charge is 2.46. The standard InChI is InChI=1S/C35H43N2O10PS/c1-7-48(40,18-46-31-11-23-10-22(4)27-8-20(2)16-36(27)34(38)25(23)14-29(31)44-5)19-47-32-12-24-13-33(49(41,42)43)28-9-21(3)17-37(28)35(39)26(24)15-30(32)45-6/h11-12,14-15,22,27-28,33H,2-3,7-10,13,16-19H2,1,4-6H3,(H,41,42,43)/t22?,27-,28-,33?,48?/m0/s1.